The van der Waals surface area contributed by atoms with E-state index in [-0.39, 0.29) is 20.9 Å². The Balaban J connectivity index is 2.08. The van der Waals surface area contributed by atoms with Gasteiger partial charge in [-0.1, -0.05) is 18.2 Å². The first-order chi connectivity index (χ1) is 15.3. The molecule has 1 unspecified atom stereocenters. The maximum absolute atomic E-state index is 13.1. The molecule has 3 aromatic rings. The second-order valence-electron chi connectivity index (χ2n) is 7.52. The van der Waals surface area contributed by atoms with Crippen LogP contribution in [0.4, 0.5) is 0 Å². The highest BCUT2D eigenvalue weighted by Gasteiger charge is 2.51. The third kappa shape index (κ3) is 4.16. The highest BCUT2D eigenvalue weighted by molar-refractivity contribution is 9.11. The summed E-state index contributed by atoms with van der Waals surface area (Å²) in [7, 11) is -9.00. The molecule has 3 N–H and O–H groups in total. The molecule has 1 heterocycles. The van der Waals surface area contributed by atoms with Gasteiger partial charge in [-0.15, -0.1) is 0 Å². The van der Waals surface area contributed by atoms with E-state index in [2.05, 4.69) is 31.9 Å². The van der Waals surface area contributed by atoms with Gasteiger partial charge in [0.05, 0.1) is 8.95 Å². The van der Waals surface area contributed by atoms with E-state index in [9.17, 15) is 27.9 Å². The number of hydrogen-bond donors (Lipinski definition) is 3. The lowest BCUT2D eigenvalue weighted by molar-refractivity contribution is 0.179. The Morgan fingerprint density at radius 2 is 1.55 bits per heavy atom. The summed E-state index contributed by atoms with van der Waals surface area (Å²) in [6, 6.07) is 12.6. The molecule has 0 saturated carbocycles. The van der Waals surface area contributed by atoms with Gasteiger partial charge in [0, 0.05) is 5.56 Å². The van der Waals surface area contributed by atoms with Crippen molar-refractivity contribution in [3.8, 4) is 11.5 Å². The molecule has 0 bridgehead atoms. The van der Waals surface area contributed by atoms with Gasteiger partial charge < -0.3 is 9.63 Å². The number of aromatic hydroxyl groups is 1. The SMILES string of the molecule is Cc1cc(C2(c3cc(C)c(OP(=O)(O)O)c(Br)c3)OS(=O)(=O)c3ccccc32)cc(Br)c1O. The van der Waals surface area contributed by atoms with E-state index in [1.807, 2.05) is 0 Å². The molecule has 4 rings (SSSR count). The van der Waals surface area contributed by atoms with Crippen molar-refractivity contribution in [3.63, 3.8) is 0 Å². The Kier molecular flexibility index (Phi) is 6.06. The summed E-state index contributed by atoms with van der Waals surface area (Å²) >= 11 is 6.59. The van der Waals surface area contributed by atoms with Crippen LogP contribution in [0.1, 0.15) is 27.8 Å². The Morgan fingerprint density at radius 1 is 0.970 bits per heavy atom. The second-order valence-corrected chi connectivity index (χ2v) is 11.9. The van der Waals surface area contributed by atoms with Crippen molar-refractivity contribution in [2.45, 2.75) is 24.3 Å². The Labute approximate surface area is 206 Å². The minimum atomic E-state index is -4.84. The van der Waals surface area contributed by atoms with E-state index >= 15 is 0 Å². The number of phosphoric acid groups is 1. The Bertz CT molecular complexity index is 1400. The predicted octanol–water partition coefficient (Wildman–Crippen LogP) is 5.02. The second kappa shape index (κ2) is 8.20. The van der Waals surface area contributed by atoms with Gasteiger partial charge in [-0.05, 0) is 98.3 Å². The van der Waals surface area contributed by atoms with Gasteiger partial charge in [0.2, 0.25) is 0 Å². The Hall–Kier alpha value is -1.72. The number of hydrogen-bond acceptors (Lipinski definition) is 6. The number of benzene rings is 3. The van der Waals surface area contributed by atoms with Crippen molar-refractivity contribution in [1.82, 2.24) is 0 Å². The molecule has 12 heteroatoms. The van der Waals surface area contributed by atoms with E-state index in [0.717, 1.165) is 0 Å². The lowest BCUT2D eigenvalue weighted by Gasteiger charge is -2.31. The van der Waals surface area contributed by atoms with Crippen LogP contribution in [0.15, 0.2) is 62.4 Å². The van der Waals surface area contributed by atoms with E-state index in [1.165, 1.54) is 12.1 Å². The molecule has 3 aromatic carbocycles. The molecule has 0 amide bonds. The zero-order chi connectivity index (χ0) is 24.3. The van der Waals surface area contributed by atoms with Crippen LogP contribution in [0.5, 0.6) is 11.5 Å². The first-order valence-corrected chi connectivity index (χ1v) is 13.9. The lowest BCUT2D eigenvalue weighted by Crippen LogP contribution is -2.30. The number of rotatable bonds is 4. The van der Waals surface area contributed by atoms with Gasteiger partial charge in [0.1, 0.15) is 16.4 Å². The fourth-order valence-electron chi connectivity index (χ4n) is 3.91. The molecule has 174 valence electrons. The quantitative estimate of drug-likeness (QED) is 0.274. The molecule has 8 nitrogen and oxygen atoms in total. The molecule has 1 aliphatic rings. The van der Waals surface area contributed by atoms with E-state index in [1.54, 1.807) is 50.2 Å². The monoisotopic (exact) mass is 618 g/mol. The maximum Gasteiger partial charge on any atom is 0.524 e. The van der Waals surface area contributed by atoms with Crippen LogP contribution >= 0.6 is 39.7 Å². The van der Waals surface area contributed by atoms with Crippen LogP contribution in [0.2, 0.25) is 0 Å². The molecular formula is C21H17Br2O8PS. The van der Waals surface area contributed by atoms with Gasteiger partial charge in [-0.25, -0.2) is 8.75 Å². The summed E-state index contributed by atoms with van der Waals surface area (Å²) in [6.07, 6.45) is 0. The van der Waals surface area contributed by atoms with Gasteiger partial charge in [-0.3, -0.25) is 9.79 Å². The molecule has 0 spiro atoms. The molecule has 1 atom stereocenters. The minimum Gasteiger partial charge on any atom is -0.506 e. The summed E-state index contributed by atoms with van der Waals surface area (Å²) in [5.74, 6) is -0.0785. The summed E-state index contributed by atoms with van der Waals surface area (Å²) < 4.78 is 48.7. The molecule has 33 heavy (non-hydrogen) atoms. The number of aryl methyl sites for hydroxylation is 2. The maximum atomic E-state index is 13.1. The van der Waals surface area contributed by atoms with E-state index in [0.29, 0.717) is 32.3 Å². The summed E-state index contributed by atoms with van der Waals surface area (Å²) in [6.45, 7) is 3.24. The zero-order valence-electron chi connectivity index (χ0n) is 17.1. The van der Waals surface area contributed by atoms with E-state index in [4.69, 9.17) is 8.71 Å². The van der Waals surface area contributed by atoms with Crippen molar-refractivity contribution in [2.75, 3.05) is 0 Å². The molecule has 1 aliphatic heterocycles. The van der Waals surface area contributed by atoms with E-state index < -0.39 is 23.5 Å². The largest absolute Gasteiger partial charge is 0.524 e. The molecule has 0 aliphatic carbocycles. The fourth-order valence-corrected chi connectivity index (χ4v) is 7.14. The lowest BCUT2D eigenvalue weighted by atomic mass is 9.79. The van der Waals surface area contributed by atoms with Gasteiger partial charge in [-0.2, -0.15) is 8.42 Å². The van der Waals surface area contributed by atoms with Crippen molar-refractivity contribution in [1.29, 1.82) is 0 Å². The number of halogens is 2. The number of phenols is 1. The average molecular weight is 620 g/mol. The number of fused-ring (bicyclic) bond motifs is 1. The van der Waals surface area contributed by atoms with Crippen molar-refractivity contribution >= 4 is 49.8 Å². The molecule has 0 fully saturated rings. The number of phenolic OH excluding ortho intramolecular Hbond substituents is 1. The zero-order valence-corrected chi connectivity index (χ0v) is 22.0. The highest BCUT2D eigenvalue weighted by Crippen LogP contribution is 2.53. The van der Waals surface area contributed by atoms with Crippen molar-refractivity contribution < 1.29 is 36.6 Å². The average Bonchev–Trinajstić information content (AvgIpc) is 2.96. The van der Waals surface area contributed by atoms with Crippen LogP contribution in [0.3, 0.4) is 0 Å². The van der Waals surface area contributed by atoms with Crippen LogP contribution in [-0.2, 0) is 24.5 Å². The fraction of sp³-hybridized carbons (Fsp3) is 0.143. The highest BCUT2D eigenvalue weighted by atomic mass is 79.9. The Morgan fingerprint density at radius 3 is 2.12 bits per heavy atom. The molecule has 0 saturated heterocycles. The minimum absolute atomic E-state index is 0.00355. The molecular weight excluding hydrogens is 603 g/mol. The normalized spacial score (nSPS) is 19.3. The first kappa shape index (κ1) is 24.4. The summed E-state index contributed by atoms with van der Waals surface area (Å²) in [4.78, 5) is 18.5. The predicted molar refractivity (Wildman–Crippen MR) is 127 cm³/mol. The topological polar surface area (TPSA) is 130 Å². The standard InChI is InChI=1S/C21H17Br2O8PS/c1-11-7-13(9-16(22)19(11)24)21(15-5-3-4-6-18(15)33(28,29)31-21)14-8-12(2)20(17(23)10-14)30-32(25,26)27/h3-10,24H,1-2H3,(H2,25,26,27). The first-order valence-electron chi connectivity index (χ1n) is 9.37. The summed E-state index contributed by atoms with van der Waals surface area (Å²) in [5.41, 5.74) is 0.341. The van der Waals surface area contributed by atoms with Gasteiger partial charge in [0.25, 0.3) is 10.1 Å². The van der Waals surface area contributed by atoms with Crippen molar-refractivity contribution in [2.24, 2.45) is 0 Å². The third-order valence-electron chi connectivity index (χ3n) is 5.28. The number of phosphoric ester groups is 1. The molecule has 0 aromatic heterocycles. The van der Waals surface area contributed by atoms with Crippen molar-refractivity contribution in [3.05, 3.63) is 85.3 Å². The van der Waals surface area contributed by atoms with Crippen LogP contribution in [0.25, 0.3) is 0 Å². The molecule has 0 radical (unpaired) electrons. The van der Waals surface area contributed by atoms with Crippen LogP contribution in [0, 0.1) is 13.8 Å². The summed E-state index contributed by atoms with van der Waals surface area (Å²) in [5, 5.41) is 10.3. The van der Waals surface area contributed by atoms with Crippen LogP contribution < -0.4 is 4.52 Å². The van der Waals surface area contributed by atoms with Gasteiger partial charge >= 0.3 is 7.82 Å². The van der Waals surface area contributed by atoms with Crippen LogP contribution in [-0.4, -0.2) is 23.3 Å². The van der Waals surface area contributed by atoms with Gasteiger partial charge in [0.15, 0.2) is 5.60 Å². The smallest absolute Gasteiger partial charge is 0.506 e. The third-order valence-corrected chi connectivity index (χ3v) is 8.25.